The average Bonchev–Trinajstić information content (AvgIpc) is 3.36. The van der Waals surface area contributed by atoms with Gasteiger partial charge in [-0.3, -0.25) is 14.3 Å². The molecular weight excluding hydrogens is 348 g/mol. The second-order valence-electron chi connectivity index (χ2n) is 6.32. The quantitative estimate of drug-likeness (QED) is 0.732. The zero-order valence-corrected chi connectivity index (χ0v) is 14.4. The van der Waals surface area contributed by atoms with Crippen LogP contribution in [-0.2, 0) is 17.9 Å². The average molecular weight is 366 g/mol. The molecule has 3 heterocycles. The van der Waals surface area contributed by atoms with E-state index in [1.165, 1.54) is 12.1 Å². The number of carbonyl (C=O) groups is 2. The van der Waals surface area contributed by atoms with Crippen LogP contribution < -0.4 is 5.32 Å². The number of phenolic OH excluding ortho intramolecular Hbond substituents is 1. The van der Waals surface area contributed by atoms with E-state index in [1.807, 2.05) is 0 Å². The Morgan fingerprint density at radius 1 is 1.26 bits per heavy atom. The molecule has 1 aliphatic rings. The maximum atomic E-state index is 12.8. The van der Waals surface area contributed by atoms with Crippen LogP contribution in [0.15, 0.2) is 59.3 Å². The number of furan rings is 1. The van der Waals surface area contributed by atoms with Crippen LogP contribution in [0.4, 0.5) is 0 Å². The topological polar surface area (TPSA) is 101 Å². The van der Waals surface area contributed by atoms with Crippen LogP contribution in [0, 0.1) is 0 Å². The van der Waals surface area contributed by atoms with Crippen molar-refractivity contribution in [2.45, 2.75) is 19.1 Å². The Bertz CT molecular complexity index is 964. The Balaban J connectivity index is 1.53. The normalized spacial score (nSPS) is 16.0. The number of aromatic hydroxyl groups is 1. The van der Waals surface area contributed by atoms with Gasteiger partial charge in [-0.1, -0.05) is 6.07 Å². The van der Waals surface area contributed by atoms with Crippen LogP contribution in [0.2, 0.25) is 0 Å². The first-order chi connectivity index (χ1) is 13.1. The highest BCUT2D eigenvalue weighted by molar-refractivity contribution is 5.95. The third-order valence-corrected chi connectivity index (χ3v) is 4.49. The summed E-state index contributed by atoms with van der Waals surface area (Å²) >= 11 is 0. The van der Waals surface area contributed by atoms with Crippen LogP contribution >= 0.6 is 0 Å². The first-order valence-corrected chi connectivity index (χ1v) is 8.52. The molecule has 0 spiro atoms. The Morgan fingerprint density at radius 2 is 2.15 bits per heavy atom. The van der Waals surface area contributed by atoms with Crippen LogP contribution in [-0.4, -0.2) is 38.1 Å². The Hall–Kier alpha value is -3.55. The van der Waals surface area contributed by atoms with E-state index in [1.54, 1.807) is 52.4 Å². The molecule has 8 nitrogen and oxygen atoms in total. The van der Waals surface area contributed by atoms with Gasteiger partial charge < -0.3 is 19.7 Å². The molecule has 0 saturated heterocycles. The Labute approximate surface area is 155 Å². The summed E-state index contributed by atoms with van der Waals surface area (Å²) in [5.74, 6) is 0.176. The first kappa shape index (κ1) is 16.9. The third kappa shape index (κ3) is 3.41. The smallest absolute Gasteiger partial charge is 0.254 e. The zero-order valence-electron chi connectivity index (χ0n) is 14.4. The van der Waals surface area contributed by atoms with E-state index in [0.29, 0.717) is 17.9 Å². The van der Waals surface area contributed by atoms with Crippen molar-refractivity contribution in [3.63, 3.8) is 0 Å². The van der Waals surface area contributed by atoms with Gasteiger partial charge in [0, 0.05) is 11.8 Å². The van der Waals surface area contributed by atoms with E-state index in [2.05, 4.69) is 10.4 Å². The molecule has 1 aliphatic heterocycles. The lowest BCUT2D eigenvalue weighted by molar-refractivity contribution is -0.125. The van der Waals surface area contributed by atoms with Crippen molar-refractivity contribution in [2.75, 3.05) is 6.54 Å². The molecule has 1 aromatic carbocycles. The lowest BCUT2D eigenvalue weighted by atomic mass is 10.1. The number of rotatable bonds is 4. The van der Waals surface area contributed by atoms with Crippen LogP contribution in [0.3, 0.4) is 0 Å². The predicted octanol–water partition coefficient (Wildman–Crippen LogP) is 1.70. The number of nitrogens with one attached hydrogen (secondary N) is 1. The van der Waals surface area contributed by atoms with Crippen molar-refractivity contribution in [1.82, 2.24) is 20.0 Å². The summed E-state index contributed by atoms with van der Waals surface area (Å²) in [5, 5.41) is 16.7. The summed E-state index contributed by atoms with van der Waals surface area (Å²) in [4.78, 5) is 27.1. The van der Waals surface area contributed by atoms with E-state index in [9.17, 15) is 14.7 Å². The fourth-order valence-corrected chi connectivity index (χ4v) is 3.17. The number of hydrogen-bond donors (Lipinski definition) is 2. The van der Waals surface area contributed by atoms with E-state index in [4.69, 9.17) is 4.42 Å². The number of hydrogen-bond acceptors (Lipinski definition) is 5. The molecule has 0 radical (unpaired) electrons. The number of carbonyl (C=O) groups excluding carboxylic acids is 2. The third-order valence-electron chi connectivity index (χ3n) is 4.49. The van der Waals surface area contributed by atoms with Crippen LogP contribution in [0.25, 0.3) is 0 Å². The molecule has 3 aromatic rings. The lowest BCUT2D eigenvalue weighted by Gasteiger charge is -2.33. The first-order valence-electron chi connectivity index (χ1n) is 8.52. The number of amides is 2. The maximum Gasteiger partial charge on any atom is 0.254 e. The van der Waals surface area contributed by atoms with Crippen LogP contribution in [0.1, 0.15) is 27.9 Å². The summed E-state index contributed by atoms with van der Waals surface area (Å²) < 4.78 is 6.87. The van der Waals surface area contributed by atoms with Gasteiger partial charge in [-0.2, -0.15) is 5.10 Å². The molecule has 2 N–H and O–H groups in total. The summed E-state index contributed by atoms with van der Waals surface area (Å²) in [6.45, 7) is 0.795. The van der Waals surface area contributed by atoms with Crippen molar-refractivity contribution < 1.29 is 19.1 Å². The highest BCUT2D eigenvalue weighted by Crippen LogP contribution is 2.23. The van der Waals surface area contributed by atoms with Gasteiger partial charge in [0.15, 0.2) is 0 Å². The van der Waals surface area contributed by atoms with Gasteiger partial charge in [-0.25, -0.2) is 0 Å². The molecular formula is C19H18N4O4. The molecule has 2 aromatic heterocycles. The van der Waals surface area contributed by atoms with Crippen molar-refractivity contribution in [3.8, 4) is 5.75 Å². The van der Waals surface area contributed by atoms with E-state index in [-0.39, 0.29) is 30.7 Å². The van der Waals surface area contributed by atoms with Crippen molar-refractivity contribution in [3.05, 3.63) is 71.9 Å². The van der Waals surface area contributed by atoms with Gasteiger partial charge in [0.25, 0.3) is 5.91 Å². The molecule has 1 atom stereocenters. The molecule has 27 heavy (non-hydrogen) atoms. The van der Waals surface area contributed by atoms with Gasteiger partial charge in [0.1, 0.15) is 17.6 Å². The van der Waals surface area contributed by atoms with Gasteiger partial charge in [-0.15, -0.1) is 0 Å². The second-order valence-corrected chi connectivity index (χ2v) is 6.32. The fourth-order valence-electron chi connectivity index (χ4n) is 3.17. The van der Waals surface area contributed by atoms with E-state index in [0.717, 1.165) is 5.69 Å². The SMILES string of the molecule is O=C(NCc1ccco1)[C@@H]1CN(C(=O)c2cccc(O)c2)Cc2ccnn21. The molecule has 138 valence electrons. The van der Waals surface area contributed by atoms with E-state index >= 15 is 0 Å². The van der Waals surface area contributed by atoms with Gasteiger partial charge in [0.2, 0.25) is 5.91 Å². The summed E-state index contributed by atoms with van der Waals surface area (Å²) in [5.41, 5.74) is 1.14. The Morgan fingerprint density at radius 3 is 2.93 bits per heavy atom. The fraction of sp³-hybridized carbons (Fsp3) is 0.211. The Kier molecular flexibility index (Phi) is 4.37. The number of benzene rings is 1. The molecule has 0 aliphatic carbocycles. The zero-order chi connectivity index (χ0) is 18.8. The largest absolute Gasteiger partial charge is 0.508 e. The molecule has 4 rings (SSSR count). The molecule has 8 heteroatoms. The number of nitrogens with zero attached hydrogens (tertiary/aromatic N) is 3. The molecule has 0 fully saturated rings. The molecule has 0 unspecified atom stereocenters. The number of aromatic nitrogens is 2. The minimum Gasteiger partial charge on any atom is -0.508 e. The van der Waals surface area contributed by atoms with Gasteiger partial charge >= 0.3 is 0 Å². The monoisotopic (exact) mass is 366 g/mol. The lowest BCUT2D eigenvalue weighted by Crippen LogP contribution is -2.47. The van der Waals surface area contributed by atoms with Gasteiger partial charge in [-0.05, 0) is 36.4 Å². The maximum absolute atomic E-state index is 12.8. The number of phenols is 1. The molecule has 0 saturated carbocycles. The highest BCUT2D eigenvalue weighted by Gasteiger charge is 2.33. The minimum absolute atomic E-state index is 0.0237. The van der Waals surface area contributed by atoms with E-state index < -0.39 is 6.04 Å². The van der Waals surface area contributed by atoms with Crippen molar-refractivity contribution in [1.29, 1.82) is 0 Å². The predicted molar refractivity (Wildman–Crippen MR) is 94.7 cm³/mol. The van der Waals surface area contributed by atoms with Crippen molar-refractivity contribution >= 4 is 11.8 Å². The summed E-state index contributed by atoms with van der Waals surface area (Å²) in [6, 6.07) is 10.9. The van der Waals surface area contributed by atoms with Crippen LogP contribution in [0.5, 0.6) is 5.75 Å². The standard InChI is InChI=1S/C19H18N4O4/c24-15-4-1-3-13(9-15)19(26)22-11-14-6-7-21-23(14)17(12-22)18(25)20-10-16-5-2-8-27-16/h1-9,17,24H,10-12H2,(H,20,25)/t17-/m0/s1. The summed E-state index contributed by atoms with van der Waals surface area (Å²) in [6.07, 6.45) is 3.16. The molecule has 0 bridgehead atoms. The second kappa shape index (κ2) is 6.99. The number of fused-ring (bicyclic) bond motifs is 1. The minimum atomic E-state index is -0.639. The van der Waals surface area contributed by atoms with Crippen molar-refractivity contribution in [2.24, 2.45) is 0 Å². The highest BCUT2D eigenvalue weighted by atomic mass is 16.3. The van der Waals surface area contributed by atoms with Gasteiger partial charge in [0.05, 0.1) is 31.6 Å². The molecule has 2 amide bonds. The summed E-state index contributed by atoms with van der Waals surface area (Å²) in [7, 11) is 0.